The normalized spacial score (nSPS) is 14.5. The topological polar surface area (TPSA) is 43.9 Å². The van der Waals surface area contributed by atoms with Gasteiger partial charge in [-0.1, -0.05) is 162 Å². The maximum atomic E-state index is 9.45. The molecule has 4 nitrogen and oxygen atoms in total. The number of fused-ring (bicyclic) bond motifs is 4. The van der Waals surface area contributed by atoms with Crippen LogP contribution < -0.4 is 10.4 Å². The van der Waals surface area contributed by atoms with Crippen molar-refractivity contribution in [1.29, 1.82) is 0 Å². The van der Waals surface area contributed by atoms with Crippen molar-refractivity contribution in [2.24, 2.45) is 0 Å². The molecule has 1 radical (unpaired) electrons. The van der Waals surface area contributed by atoms with Crippen LogP contribution in [-0.4, -0.2) is 30.7 Å². The van der Waals surface area contributed by atoms with E-state index in [1.807, 2.05) is 101 Å². The van der Waals surface area contributed by atoms with Gasteiger partial charge < -0.3 is 14.0 Å². The second-order valence-electron chi connectivity index (χ2n) is 18.7. The van der Waals surface area contributed by atoms with E-state index in [0.717, 1.165) is 77.7 Å². The Morgan fingerprint density at radius 3 is 2.08 bits per heavy atom. The van der Waals surface area contributed by atoms with Gasteiger partial charge in [0.05, 0.1) is 38.6 Å². The van der Waals surface area contributed by atoms with Crippen LogP contribution >= 0.6 is 0 Å². The number of benzene rings is 6. The summed E-state index contributed by atoms with van der Waals surface area (Å²) in [5.41, 5.74) is 10.8. The van der Waals surface area contributed by atoms with E-state index in [9.17, 15) is 2.74 Å². The summed E-state index contributed by atoms with van der Waals surface area (Å²) in [6.07, 6.45) is 4.69. The number of furan rings is 1. The van der Waals surface area contributed by atoms with E-state index in [-0.39, 0.29) is 20.1 Å². The van der Waals surface area contributed by atoms with Gasteiger partial charge in [-0.2, -0.15) is 0 Å². The van der Waals surface area contributed by atoms with Crippen LogP contribution in [0.2, 0.25) is 38.3 Å². The fourth-order valence-corrected chi connectivity index (χ4v) is 14.0. The molecule has 0 spiro atoms. The summed E-state index contributed by atoms with van der Waals surface area (Å²) < 4.78 is 27.8. The Labute approximate surface area is 392 Å². The van der Waals surface area contributed by atoms with Crippen LogP contribution in [0.5, 0.6) is 0 Å². The van der Waals surface area contributed by atoms with E-state index in [2.05, 4.69) is 115 Å². The molecule has 6 aromatic carbocycles. The maximum absolute atomic E-state index is 9.45. The van der Waals surface area contributed by atoms with Gasteiger partial charge in [-0.3, -0.25) is 4.98 Å². The van der Waals surface area contributed by atoms with Crippen LogP contribution in [0, 0.1) is 12.1 Å². The van der Waals surface area contributed by atoms with Crippen LogP contribution in [-0.2, 0) is 20.1 Å². The molecule has 0 amide bonds. The Balaban J connectivity index is 0.000000287. The first-order chi connectivity index (χ1) is 30.5. The first-order valence-electron chi connectivity index (χ1n) is 23.0. The second kappa shape index (κ2) is 18.1. The van der Waals surface area contributed by atoms with Gasteiger partial charge in [-0.25, -0.2) is 0 Å². The Kier molecular flexibility index (Phi) is 12.0. The summed E-state index contributed by atoms with van der Waals surface area (Å²) in [4.78, 5) is 9.77. The van der Waals surface area contributed by atoms with Crippen LogP contribution in [0.3, 0.4) is 0 Å². The minimum atomic E-state index is -1.47. The molecule has 0 unspecified atom stereocenters. The molecule has 4 heterocycles. The first-order valence-corrected chi connectivity index (χ1v) is 28.4. The number of imidazole rings is 1. The minimum absolute atomic E-state index is 0. The van der Waals surface area contributed by atoms with Crippen LogP contribution in [0.25, 0.3) is 72.4 Å². The molecule has 0 saturated carbocycles. The molecule has 321 valence electrons. The van der Waals surface area contributed by atoms with Crippen molar-refractivity contribution in [3.05, 3.63) is 163 Å². The maximum Gasteiger partial charge on any atom is 0.120 e. The van der Waals surface area contributed by atoms with Crippen molar-refractivity contribution in [1.82, 2.24) is 14.5 Å². The van der Waals surface area contributed by atoms with E-state index in [0.29, 0.717) is 5.82 Å². The van der Waals surface area contributed by atoms with Gasteiger partial charge in [0.1, 0.15) is 5.58 Å². The van der Waals surface area contributed by atoms with Crippen LogP contribution in [0.15, 0.2) is 144 Å². The predicted octanol–water partition coefficient (Wildman–Crippen LogP) is 14.5. The van der Waals surface area contributed by atoms with Crippen molar-refractivity contribution in [2.75, 3.05) is 0 Å². The predicted molar refractivity (Wildman–Crippen MR) is 268 cm³/mol. The molecule has 1 fully saturated rings. The van der Waals surface area contributed by atoms with Gasteiger partial charge in [-0.05, 0) is 75.3 Å². The molecule has 1 aliphatic heterocycles. The van der Waals surface area contributed by atoms with E-state index in [1.165, 1.54) is 35.3 Å². The molecule has 0 aliphatic carbocycles. The summed E-state index contributed by atoms with van der Waals surface area (Å²) in [6, 6.07) is 55.3. The van der Waals surface area contributed by atoms with E-state index in [4.69, 9.17) is 9.40 Å². The van der Waals surface area contributed by atoms with E-state index >= 15 is 0 Å². The van der Waals surface area contributed by atoms with Crippen molar-refractivity contribution < 1.29 is 27.3 Å². The molecular weight excluding hydrogens is 979 g/mol. The van der Waals surface area contributed by atoms with Gasteiger partial charge in [-0.15, -0.1) is 54.1 Å². The van der Waals surface area contributed by atoms with E-state index < -0.39 is 27.9 Å². The number of nitrogens with zero attached hydrogens (tertiary/aromatic N) is 3. The van der Waals surface area contributed by atoms with Gasteiger partial charge in [0, 0.05) is 40.1 Å². The molecule has 3 aromatic heterocycles. The quantitative estimate of drug-likeness (QED) is 0.113. The van der Waals surface area contributed by atoms with Crippen LogP contribution in [0.1, 0.15) is 66.2 Å². The average Bonchev–Trinajstić information content (AvgIpc) is 4.01. The third-order valence-electron chi connectivity index (χ3n) is 12.8. The zero-order valence-electron chi connectivity index (χ0n) is 39.7. The third kappa shape index (κ3) is 8.74. The van der Waals surface area contributed by atoms with Crippen molar-refractivity contribution in [3.63, 3.8) is 0 Å². The first kappa shape index (κ1) is 41.8. The molecule has 9 aromatic rings. The molecule has 1 aliphatic rings. The Morgan fingerprint density at radius 2 is 1.43 bits per heavy atom. The summed E-state index contributed by atoms with van der Waals surface area (Å²) in [5, 5.41) is 5.12. The fraction of sp³-hybridized carbons (Fsp3) is 0.250. The standard InChI is InChI=1S/C42H41N2OSi.C14H16NSi.Ir/c1-27(2)34-24-30(29-14-7-6-8-15-29)25-35(28(3)4)40(34)44-38-19-10-9-18-37(38)43-42(44)33-17-13-16-32-36-26-31(46(5)22-11-12-23-46)20-21-39(36)45-41(32)33;1-16(2,3)13-9-10-14(15-11-13)12-7-5-4-6-8-12;/h6-10,13-16,18-21,24-28H,11-12,22-23H2,1-5H3;4-7,9-11H,1-3H3;/q2*-1;/i27D,28D;;. The number of hydrogen-bond donors (Lipinski definition) is 0. The molecule has 0 N–H and O–H groups in total. The van der Waals surface area contributed by atoms with Gasteiger partial charge in [0.2, 0.25) is 0 Å². The molecule has 63 heavy (non-hydrogen) atoms. The average molecular weight is 1040 g/mol. The summed E-state index contributed by atoms with van der Waals surface area (Å²) in [5.74, 6) is -1.26. The van der Waals surface area contributed by atoms with Gasteiger partial charge in [0.25, 0.3) is 0 Å². The SMILES string of the molecule is C[Si](C)(C)c1ccc(-c2[c-]cccc2)nc1.[2H]C(C)(C)c1cc(-c2ccccc2)cc(C([2H])(C)C)c1-n1c(-c2[c-]ccc3c2oc2ccc([Si]4(C)CCCC4)cc23)nc2ccccc21.[Ir]. The van der Waals surface area contributed by atoms with Crippen molar-refractivity contribution in [2.45, 2.75) is 90.6 Å². The number of aromatic nitrogens is 3. The van der Waals surface area contributed by atoms with Gasteiger partial charge >= 0.3 is 0 Å². The monoisotopic (exact) mass is 1040 g/mol. The van der Waals surface area contributed by atoms with Crippen LogP contribution in [0.4, 0.5) is 0 Å². The molecule has 0 atom stereocenters. The number of rotatable bonds is 8. The Morgan fingerprint density at radius 1 is 0.730 bits per heavy atom. The Bertz CT molecular complexity index is 3080. The smallest absolute Gasteiger partial charge is 0.120 e. The molecule has 1 saturated heterocycles. The number of hydrogen-bond acceptors (Lipinski definition) is 3. The minimum Gasteiger partial charge on any atom is -0.501 e. The van der Waals surface area contributed by atoms with E-state index in [1.54, 1.807) is 0 Å². The second-order valence-corrected chi connectivity index (χ2v) is 28.5. The van der Waals surface area contributed by atoms with Crippen molar-refractivity contribution >= 4 is 59.5 Å². The summed E-state index contributed by atoms with van der Waals surface area (Å²) in [7, 11) is -2.70. The molecule has 0 bridgehead atoms. The largest absolute Gasteiger partial charge is 0.501 e. The fourth-order valence-electron chi connectivity index (χ4n) is 9.13. The number of pyridine rings is 1. The molecular formula is C56H57IrN3OSi2-2. The zero-order chi connectivity index (χ0) is 45.0. The molecule has 7 heteroatoms. The number of para-hydroxylation sites is 2. The summed E-state index contributed by atoms with van der Waals surface area (Å²) >= 11 is 0. The van der Waals surface area contributed by atoms with Crippen molar-refractivity contribution in [3.8, 4) is 39.5 Å². The molecule has 10 rings (SSSR count). The van der Waals surface area contributed by atoms with Gasteiger partial charge in [0.15, 0.2) is 0 Å². The Hall–Kier alpha value is -5.18. The third-order valence-corrected chi connectivity index (χ3v) is 19.4. The zero-order valence-corrected chi connectivity index (χ0v) is 42.1. The summed E-state index contributed by atoms with van der Waals surface area (Å²) in [6.45, 7) is 17.2.